The molecule has 2 aliphatic rings. The van der Waals surface area contributed by atoms with E-state index in [1.54, 1.807) is 6.07 Å². The number of hydrogen-bond donors (Lipinski definition) is 0. The Balaban J connectivity index is 1.27. The van der Waals surface area contributed by atoms with E-state index < -0.39 is 0 Å². The SMILES string of the molecule is O=C(Cn1cnc2c(oc3ccccc32)c1=O)N1CCC[C@H]1c1ccc2c(c1)OCCCO2. The number of hydrogen-bond acceptors (Lipinski definition) is 6. The van der Waals surface area contributed by atoms with Gasteiger partial charge in [-0.2, -0.15) is 0 Å². The van der Waals surface area contributed by atoms with Gasteiger partial charge < -0.3 is 18.8 Å². The van der Waals surface area contributed by atoms with E-state index in [9.17, 15) is 9.59 Å². The van der Waals surface area contributed by atoms with Crippen LogP contribution in [-0.4, -0.2) is 40.1 Å². The van der Waals surface area contributed by atoms with Gasteiger partial charge in [-0.15, -0.1) is 0 Å². The van der Waals surface area contributed by atoms with Crippen molar-refractivity contribution in [1.82, 2.24) is 14.5 Å². The maximum Gasteiger partial charge on any atom is 0.297 e. The van der Waals surface area contributed by atoms with E-state index in [-0.39, 0.29) is 29.6 Å². The number of nitrogens with zero attached hydrogens (tertiary/aromatic N) is 3. The Kier molecular flexibility index (Phi) is 4.78. The van der Waals surface area contributed by atoms with Crippen LogP contribution in [0.5, 0.6) is 11.5 Å². The first-order valence-electron chi connectivity index (χ1n) is 11.2. The third-order valence-corrected chi connectivity index (χ3v) is 6.39. The van der Waals surface area contributed by atoms with Crippen molar-refractivity contribution >= 4 is 28.0 Å². The highest BCUT2D eigenvalue weighted by Gasteiger charge is 2.31. The second kappa shape index (κ2) is 7.95. The largest absolute Gasteiger partial charge is 0.490 e. The lowest BCUT2D eigenvalue weighted by molar-refractivity contribution is -0.132. The lowest BCUT2D eigenvalue weighted by atomic mass is 10.0. The summed E-state index contributed by atoms with van der Waals surface area (Å²) in [7, 11) is 0. The third kappa shape index (κ3) is 3.42. The first-order valence-corrected chi connectivity index (χ1v) is 11.2. The smallest absolute Gasteiger partial charge is 0.297 e. The summed E-state index contributed by atoms with van der Waals surface area (Å²) >= 11 is 0. The molecule has 33 heavy (non-hydrogen) atoms. The summed E-state index contributed by atoms with van der Waals surface area (Å²) in [5, 5.41) is 0.789. The van der Waals surface area contributed by atoms with Gasteiger partial charge in [-0.05, 0) is 42.7 Å². The molecular formula is C25H23N3O5. The number of carbonyl (C=O) groups is 1. The summed E-state index contributed by atoms with van der Waals surface area (Å²) in [6, 6.07) is 13.2. The number of benzene rings is 2. The van der Waals surface area contributed by atoms with Crippen molar-refractivity contribution in [3.8, 4) is 11.5 Å². The van der Waals surface area contributed by atoms with E-state index in [0.717, 1.165) is 41.7 Å². The monoisotopic (exact) mass is 445 g/mol. The summed E-state index contributed by atoms with van der Waals surface area (Å²) in [6.45, 7) is 1.82. The van der Waals surface area contributed by atoms with Gasteiger partial charge in [0, 0.05) is 18.4 Å². The maximum atomic E-state index is 13.3. The minimum atomic E-state index is -0.351. The highest BCUT2D eigenvalue weighted by molar-refractivity contribution is 6.01. The number of para-hydroxylation sites is 1. The maximum absolute atomic E-state index is 13.3. The summed E-state index contributed by atoms with van der Waals surface area (Å²) in [5.74, 6) is 1.34. The van der Waals surface area contributed by atoms with Gasteiger partial charge in [-0.25, -0.2) is 4.98 Å². The average molecular weight is 445 g/mol. The fourth-order valence-corrected chi connectivity index (χ4v) is 4.76. The number of likely N-dealkylation sites (tertiary alicyclic amines) is 1. The van der Waals surface area contributed by atoms with Gasteiger partial charge in [0.2, 0.25) is 11.5 Å². The van der Waals surface area contributed by atoms with Crippen LogP contribution in [0.2, 0.25) is 0 Å². The Labute approximate surface area is 189 Å². The van der Waals surface area contributed by atoms with Gasteiger partial charge in [0.25, 0.3) is 5.56 Å². The van der Waals surface area contributed by atoms with E-state index >= 15 is 0 Å². The number of amides is 1. The molecule has 2 aromatic heterocycles. The molecule has 2 aromatic carbocycles. The van der Waals surface area contributed by atoms with Crippen molar-refractivity contribution < 1.29 is 18.7 Å². The van der Waals surface area contributed by atoms with Crippen molar-refractivity contribution in [2.45, 2.75) is 31.8 Å². The zero-order valence-corrected chi connectivity index (χ0v) is 18.0. The molecule has 1 saturated heterocycles. The molecule has 0 N–H and O–H groups in total. The van der Waals surface area contributed by atoms with Crippen LogP contribution >= 0.6 is 0 Å². The molecule has 6 rings (SSSR count). The summed E-state index contributed by atoms with van der Waals surface area (Å²) in [5.41, 5.74) is 1.97. The van der Waals surface area contributed by atoms with Crippen LogP contribution in [0.3, 0.4) is 0 Å². The molecular weight excluding hydrogens is 422 g/mol. The van der Waals surface area contributed by atoms with Crippen molar-refractivity contribution in [2.75, 3.05) is 19.8 Å². The molecule has 0 aliphatic carbocycles. The zero-order valence-electron chi connectivity index (χ0n) is 18.0. The third-order valence-electron chi connectivity index (χ3n) is 6.39. The van der Waals surface area contributed by atoms with Crippen LogP contribution in [0.1, 0.15) is 30.9 Å². The molecule has 168 valence electrons. The highest BCUT2D eigenvalue weighted by Crippen LogP contribution is 2.38. The first-order chi connectivity index (χ1) is 16.2. The minimum absolute atomic E-state index is 0.0618. The number of furan rings is 1. The lowest BCUT2D eigenvalue weighted by Gasteiger charge is -2.26. The van der Waals surface area contributed by atoms with E-state index in [0.29, 0.717) is 30.9 Å². The predicted molar refractivity (Wildman–Crippen MR) is 122 cm³/mol. The van der Waals surface area contributed by atoms with Gasteiger partial charge in [-0.1, -0.05) is 18.2 Å². The molecule has 8 heteroatoms. The van der Waals surface area contributed by atoms with Crippen LogP contribution in [0.4, 0.5) is 0 Å². The Morgan fingerprint density at radius 3 is 2.82 bits per heavy atom. The lowest BCUT2D eigenvalue weighted by Crippen LogP contribution is -2.36. The number of fused-ring (bicyclic) bond motifs is 4. The molecule has 4 aromatic rings. The standard InChI is InChI=1S/C25H23N3O5/c29-22(14-27-15-26-23-17-5-1-2-7-19(17)33-24(23)25(27)30)28-10-3-6-18(28)16-8-9-20-21(13-16)32-12-4-11-31-20/h1-2,5,7-9,13,15,18H,3-4,6,10-12,14H2/t18-/m0/s1. The first kappa shape index (κ1) is 19.8. The summed E-state index contributed by atoms with van der Waals surface area (Å²) in [4.78, 5) is 32.5. The molecule has 1 fully saturated rings. The number of rotatable bonds is 3. The van der Waals surface area contributed by atoms with E-state index in [1.165, 1.54) is 10.9 Å². The minimum Gasteiger partial charge on any atom is -0.490 e. The van der Waals surface area contributed by atoms with Gasteiger partial charge in [-0.3, -0.25) is 14.2 Å². The quantitative estimate of drug-likeness (QED) is 0.478. The molecule has 0 spiro atoms. The van der Waals surface area contributed by atoms with Crippen LogP contribution in [0.15, 0.2) is 58.0 Å². The number of carbonyl (C=O) groups excluding carboxylic acids is 1. The van der Waals surface area contributed by atoms with Crippen LogP contribution in [0, 0.1) is 0 Å². The van der Waals surface area contributed by atoms with Crippen LogP contribution in [-0.2, 0) is 11.3 Å². The van der Waals surface area contributed by atoms with Crippen molar-refractivity contribution in [2.24, 2.45) is 0 Å². The van der Waals surface area contributed by atoms with E-state index in [2.05, 4.69) is 4.98 Å². The fourth-order valence-electron chi connectivity index (χ4n) is 4.76. The highest BCUT2D eigenvalue weighted by atomic mass is 16.5. The molecule has 0 saturated carbocycles. The Morgan fingerprint density at radius 1 is 1.06 bits per heavy atom. The van der Waals surface area contributed by atoms with Crippen LogP contribution < -0.4 is 15.0 Å². The number of ether oxygens (including phenoxy) is 2. The average Bonchev–Trinajstić information content (AvgIpc) is 3.40. The summed E-state index contributed by atoms with van der Waals surface area (Å²) in [6.07, 6.45) is 4.04. The second-order valence-corrected chi connectivity index (χ2v) is 8.46. The Hall–Kier alpha value is -3.81. The normalized spacial score (nSPS) is 18.1. The van der Waals surface area contributed by atoms with Gasteiger partial charge in [0.15, 0.2) is 11.5 Å². The van der Waals surface area contributed by atoms with E-state index in [1.807, 2.05) is 41.3 Å². The zero-order chi connectivity index (χ0) is 22.4. The molecule has 1 atom stereocenters. The fraction of sp³-hybridized carbons (Fsp3) is 0.320. The Morgan fingerprint density at radius 2 is 1.91 bits per heavy atom. The predicted octanol–water partition coefficient (Wildman–Crippen LogP) is 3.67. The molecule has 0 bridgehead atoms. The molecule has 0 unspecified atom stereocenters. The number of aromatic nitrogens is 2. The molecule has 0 radical (unpaired) electrons. The molecule has 4 heterocycles. The Bertz CT molecular complexity index is 1420. The summed E-state index contributed by atoms with van der Waals surface area (Å²) < 4.78 is 18.6. The molecule has 8 nitrogen and oxygen atoms in total. The molecule has 2 aliphatic heterocycles. The van der Waals surface area contributed by atoms with E-state index in [4.69, 9.17) is 13.9 Å². The van der Waals surface area contributed by atoms with Gasteiger partial charge in [0.1, 0.15) is 17.6 Å². The van der Waals surface area contributed by atoms with Gasteiger partial charge in [0.05, 0.1) is 25.6 Å². The van der Waals surface area contributed by atoms with Crippen molar-refractivity contribution in [1.29, 1.82) is 0 Å². The second-order valence-electron chi connectivity index (χ2n) is 8.46. The van der Waals surface area contributed by atoms with Gasteiger partial charge >= 0.3 is 0 Å². The van der Waals surface area contributed by atoms with Crippen molar-refractivity contribution in [3.05, 3.63) is 64.7 Å². The topological polar surface area (TPSA) is 86.8 Å². The van der Waals surface area contributed by atoms with Crippen molar-refractivity contribution in [3.63, 3.8) is 0 Å². The molecule has 1 amide bonds. The van der Waals surface area contributed by atoms with Crippen LogP contribution in [0.25, 0.3) is 22.1 Å².